The maximum absolute atomic E-state index is 13.2. The molecule has 1 atom stereocenters. The van der Waals surface area contributed by atoms with Crippen molar-refractivity contribution in [3.8, 4) is 0 Å². The van der Waals surface area contributed by atoms with E-state index in [9.17, 15) is 4.79 Å². The first-order valence-electron chi connectivity index (χ1n) is 10.6. The largest absolute Gasteiger partial charge is 0.313 e. The van der Waals surface area contributed by atoms with Gasteiger partial charge in [0.05, 0.1) is 24.0 Å². The van der Waals surface area contributed by atoms with Crippen molar-refractivity contribution in [2.24, 2.45) is 0 Å². The number of thiophene rings is 1. The third kappa shape index (κ3) is 4.28. The van der Waals surface area contributed by atoms with Gasteiger partial charge in [-0.15, -0.1) is 11.3 Å². The highest BCUT2D eigenvalue weighted by molar-refractivity contribution is 7.18. The van der Waals surface area contributed by atoms with Crippen molar-refractivity contribution in [1.29, 1.82) is 0 Å². The van der Waals surface area contributed by atoms with Crippen molar-refractivity contribution in [1.82, 2.24) is 19.9 Å². The fraction of sp³-hybridized carbons (Fsp3) is 0.292. The van der Waals surface area contributed by atoms with E-state index in [1.165, 1.54) is 16.0 Å². The number of halogens is 1. The number of aryl methyl sites for hydroxylation is 1. The van der Waals surface area contributed by atoms with Crippen LogP contribution in [0.15, 0.2) is 59.8 Å². The van der Waals surface area contributed by atoms with E-state index in [0.717, 1.165) is 53.2 Å². The fourth-order valence-corrected chi connectivity index (χ4v) is 5.75. The molecule has 0 spiro atoms. The van der Waals surface area contributed by atoms with Gasteiger partial charge in [0.1, 0.15) is 4.83 Å². The van der Waals surface area contributed by atoms with Crippen molar-refractivity contribution in [2.75, 3.05) is 6.54 Å². The first kappa shape index (κ1) is 20.4. The molecular weight excluding hydrogens is 428 g/mol. The van der Waals surface area contributed by atoms with Crippen LogP contribution in [0.4, 0.5) is 0 Å². The molecule has 1 aliphatic carbocycles. The molecule has 0 aliphatic heterocycles. The molecule has 5 nitrogen and oxygen atoms in total. The van der Waals surface area contributed by atoms with Gasteiger partial charge in [0, 0.05) is 22.1 Å². The lowest BCUT2D eigenvalue weighted by Crippen LogP contribution is -2.35. The summed E-state index contributed by atoms with van der Waals surface area (Å²) in [5, 5.41) is 5.30. The quantitative estimate of drug-likeness (QED) is 0.477. The zero-order valence-electron chi connectivity index (χ0n) is 17.1. The third-order valence-electron chi connectivity index (χ3n) is 5.88. The standard InChI is InChI=1S/C24H23ClN4OS/c25-20-7-2-1-5-16(20)10-12-27-17-8-9-19-21(13-17)31-23-22(19)24(30)29(15-28-23)14-18-6-3-4-11-26-18/h1-7,11,15,17,27H,8-10,12-14H2. The van der Waals surface area contributed by atoms with Crippen LogP contribution < -0.4 is 10.9 Å². The molecule has 4 aromatic rings. The summed E-state index contributed by atoms with van der Waals surface area (Å²) in [6.07, 6.45) is 7.19. The molecule has 0 fully saturated rings. The van der Waals surface area contributed by atoms with Gasteiger partial charge in [-0.25, -0.2) is 4.98 Å². The SMILES string of the molecule is O=c1c2c3c(sc2ncn1Cc1ccccn1)CC(NCCc1ccccc1Cl)CC3. The van der Waals surface area contributed by atoms with E-state index in [0.29, 0.717) is 12.6 Å². The number of hydrogen-bond donors (Lipinski definition) is 1. The Morgan fingerprint density at radius 1 is 1.16 bits per heavy atom. The number of aromatic nitrogens is 3. The molecule has 1 unspecified atom stereocenters. The second-order valence-corrected chi connectivity index (χ2v) is 9.41. The number of hydrogen-bond acceptors (Lipinski definition) is 5. The Balaban J connectivity index is 1.31. The van der Waals surface area contributed by atoms with Crippen LogP contribution in [-0.2, 0) is 25.8 Å². The van der Waals surface area contributed by atoms with E-state index in [2.05, 4.69) is 21.4 Å². The zero-order valence-corrected chi connectivity index (χ0v) is 18.6. The minimum Gasteiger partial charge on any atom is -0.313 e. The molecule has 0 amide bonds. The summed E-state index contributed by atoms with van der Waals surface area (Å²) in [6, 6.07) is 14.2. The number of fused-ring (bicyclic) bond motifs is 3. The van der Waals surface area contributed by atoms with Crippen molar-refractivity contribution in [3.63, 3.8) is 0 Å². The van der Waals surface area contributed by atoms with E-state index in [4.69, 9.17) is 11.6 Å². The third-order valence-corrected chi connectivity index (χ3v) is 7.41. The monoisotopic (exact) mass is 450 g/mol. The minimum atomic E-state index is 0.0401. The van der Waals surface area contributed by atoms with Gasteiger partial charge in [-0.1, -0.05) is 35.9 Å². The second-order valence-electron chi connectivity index (χ2n) is 7.92. The average Bonchev–Trinajstić information content (AvgIpc) is 3.16. The van der Waals surface area contributed by atoms with Crippen LogP contribution in [-0.4, -0.2) is 27.1 Å². The van der Waals surface area contributed by atoms with Gasteiger partial charge in [0.2, 0.25) is 0 Å². The summed E-state index contributed by atoms with van der Waals surface area (Å²) in [7, 11) is 0. The van der Waals surface area contributed by atoms with Gasteiger partial charge in [-0.2, -0.15) is 0 Å². The molecule has 1 N–H and O–H groups in total. The maximum Gasteiger partial charge on any atom is 0.262 e. The van der Waals surface area contributed by atoms with Crippen LogP contribution in [0, 0.1) is 0 Å². The van der Waals surface area contributed by atoms with Crippen molar-refractivity contribution in [3.05, 3.63) is 92.1 Å². The predicted octanol–water partition coefficient (Wildman–Crippen LogP) is 4.24. The second kappa shape index (κ2) is 8.91. The highest BCUT2D eigenvalue weighted by Gasteiger charge is 2.25. The van der Waals surface area contributed by atoms with Crippen molar-refractivity contribution >= 4 is 33.2 Å². The summed E-state index contributed by atoms with van der Waals surface area (Å²) >= 11 is 7.93. The van der Waals surface area contributed by atoms with Crippen LogP contribution in [0.1, 0.15) is 28.1 Å². The van der Waals surface area contributed by atoms with E-state index >= 15 is 0 Å². The van der Waals surface area contributed by atoms with Crippen LogP contribution in [0.25, 0.3) is 10.2 Å². The molecule has 1 aromatic carbocycles. The van der Waals surface area contributed by atoms with Gasteiger partial charge in [-0.05, 0) is 61.6 Å². The lowest BCUT2D eigenvalue weighted by molar-refractivity contribution is 0.466. The fourth-order valence-electron chi connectivity index (χ4n) is 4.27. The summed E-state index contributed by atoms with van der Waals surface area (Å²) in [4.78, 5) is 24.3. The van der Waals surface area contributed by atoms with Crippen molar-refractivity contribution < 1.29 is 0 Å². The van der Waals surface area contributed by atoms with Gasteiger partial charge in [0.25, 0.3) is 5.56 Å². The predicted molar refractivity (Wildman–Crippen MR) is 126 cm³/mol. The van der Waals surface area contributed by atoms with E-state index in [1.807, 2.05) is 36.4 Å². The Morgan fingerprint density at radius 3 is 2.87 bits per heavy atom. The first-order chi connectivity index (χ1) is 15.2. The molecule has 1 aliphatic rings. The van der Waals surface area contributed by atoms with E-state index < -0.39 is 0 Å². The Hall–Kier alpha value is -2.54. The topological polar surface area (TPSA) is 59.8 Å². The molecule has 7 heteroatoms. The highest BCUT2D eigenvalue weighted by atomic mass is 35.5. The van der Waals surface area contributed by atoms with Crippen molar-refractivity contribution in [2.45, 2.75) is 38.3 Å². The van der Waals surface area contributed by atoms with Crippen LogP contribution in [0.3, 0.4) is 0 Å². The van der Waals surface area contributed by atoms with Crippen LogP contribution in [0.2, 0.25) is 5.02 Å². The Kier molecular flexibility index (Phi) is 5.85. The van der Waals surface area contributed by atoms with Crippen LogP contribution in [0.5, 0.6) is 0 Å². The molecule has 0 saturated carbocycles. The molecule has 3 aromatic heterocycles. The molecule has 5 rings (SSSR count). The Labute approximate surface area is 189 Å². The Bertz CT molecular complexity index is 1270. The molecule has 0 saturated heterocycles. The normalized spacial score (nSPS) is 15.8. The molecular formula is C24H23ClN4OS. The molecule has 3 heterocycles. The summed E-state index contributed by atoms with van der Waals surface area (Å²) < 4.78 is 1.67. The number of benzene rings is 1. The molecule has 0 bridgehead atoms. The van der Waals surface area contributed by atoms with Gasteiger partial charge >= 0.3 is 0 Å². The Morgan fingerprint density at radius 2 is 2.03 bits per heavy atom. The van der Waals surface area contributed by atoms with Gasteiger partial charge < -0.3 is 5.32 Å². The number of nitrogens with zero attached hydrogens (tertiary/aromatic N) is 3. The lowest BCUT2D eigenvalue weighted by atomic mass is 9.93. The van der Waals surface area contributed by atoms with Gasteiger partial charge in [0.15, 0.2) is 0 Å². The number of nitrogens with one attached hydrogen (secondary N) is 1. The minimum absolute atomic E-state index is 0.0401. The van der Waals surface area contributed by atoms with Gasteiger partial charge in [-0.3, -0.25) is 14.3 Å². The lowest BCUT2D eigenvalue weighted by Gasteiger charge is -2.23. The number of rotatable bonds is 6. The number of pyridine rings is 1. The highest BCUT2D eigenvalue weighted by Crippen LogP contribution is 2.33. The van der Waals surface area contributed by atoms with Crippen LogP contribution >= 0.6 is 22.9 Å². The first-order valence-corrected chi connectivity index (χ1v) is 11.7. The summed E-state index contributed by atoms with van der Waals surface area (Å²) in [5.41, 5.74) is 3.26. The van der Waals surface area contributed by atoms with E-state index in [-0.39, 0.29) is 5.56 Å². The summed E-state index contributed by atoms with van der Waals surface area (Å²) in [6.45, 7) is 1.34. The average molecular weight is 451 g/mol. The maximum atomic E-state index is 13.2. The zero-order chi connectivity index (χ0) is 21.2. The smallest absolute Gasteiger partial charge is 0.262 e. The molecule has 158 valence electrons. The van der Waals surface area contributed by atoms with E-state index in [1.54, 1.807) is 28.4 Å². The summed E-state index contributed by atoms with van der Waals surface area (Å²) in [5.74, 6) is 0. The molecule has 31 heavy (non-hydrogen) atoms. The molecule has 0 radical (unpaired) electrons.